The molecule has 1 aliphatic heterocycles. The molecule has 0 amide bonds. The van der Waals surface area contributed by atoms with Crippen molar-refractivity contribution in [1.29, 1.82) is 0 Å². The average Bonchev–Trinajstić information content (AvgIpc) is 3.13. The van der Waals surface area contributed by atoms with Gasteiger partial charge >= 0.3 is 0 Å². The summed E-state index contributed by atoms with van der Waals surface area (Å²) in [5, 5.41) is 0. The zero-order valence-corrected chi connectivity index (χ0v) is 19.8. The lowest BCUT2D eigenvalue weighted by atomic mass is 10.1. The van der Waals surface area contributed by atoms with Gasteiger partial charge in [-0.3, -0.25) is 14.3 Å². The molecule has 7 nitrogen and oxygen atoms in total. The molecule has 170 valence electrons. The second-order valence-corrected chi connectivity index (χ2v) is 9.05. The minimum atomic E-state index is -0.0987. The van der Waals surface area contributed by atoms with Gasteiger partial charge in [-0.15, -0.1) is 0 Å². The van der Waals surface area contributed by atoms with E-state index in [0.29, 0.717) is 17.8 Å². The van der Waals surface area contributed by atoms with Crippen LogP contribution in [0.4, 0.5) is 0 Å². The number of aryl methyl sites for hydroxylation is 1. The number of hydrogen-bond donors (Lipinski definition) is 1. The largest absolute Gasteiger partial charge is 0.364 e. The highest BCUT2D eigenvalue weighted by atomic mass is 16.5. The Hall–Kier alpha value is -2.90. The number of quaternary nitrogens is 1. The van der Waals surface area contributed by atoms with Crippen LogP contribution in [0.3, 0.4) is 0 Å². The minimum absolute atomic E-state index is 0.0987. The Morgan fingerprint density at radius 1 is 1.06 bits per heavy atom. The highest BCUT2D eigenvalue weighted by molar-refractivity contribution is 5.98. The molecule has 0 spiro atoms. The number of Topliss-reactive ketones (excluding diaryl/α,β-unsaturated/α-hetero) is 1. The number of hydrogen-bond acceptors (Lipinski definition) is 3. The highest BCUT2D eigenvalue weighted by Gasteiger charge is 2.29. The summed E-state index contributed by atoms with van der Waals surface area (Å²) in [6, 6.07) is 11.5. The monoisotopic (exact) mass is 437 g/mol. The van der Waals surface area contributed by atoms with Crippen LogP contribution in [-0.4, -0.2) is 51.6 Å². The third kappa shape index (κ3) is 3.87. The first-order valence-electron chi connectivity index (χ1n) is 11.2. The summed E-state index contributed by atoms with van der Waals surface area (Å²) >= 11 is 0. The minimum Gasteiger partial charge on any atom is -0.364 e. The first-order valence-corrected chi connectivity index (χ1v) is 11.2. The Kier molecular flexibility index (Phi) is 5.97. The molecular weight excluding hydrogens is 404 g/mol. The molecule has 2 aromatic heterocycles. The molecule has 0 radical (unpaired) electrons. The number of ether oxygens (including phenoxy) is 1. The maximum Gasteiger partial charge on any atom is 0.295 e. The van der Waals surface area contributed by atoms with Crippen molar-refractivity contribution < 1.29 is 14.4 Å². The fourth-order valence-corrected chi connectivity index (χ4v) is 5.06. The van der Waals surface area contributed by atoms with Crippen molar-refractivity contribution in [3.05, 3.63) is 69.4 Å². The lowest BCUT2D eigenvalue weighted by molar-refractivity contribution is -0.906. The van der Waals surface area contributed by atoms with Gasteiger partial charge < -0.3 is 14.2 Å². The molecule has 1 aliphatic rings. The lowest BCUT2D eigenvalue weighted by Crippen LogP contribution is -3.16. The Morgan fingerprint density at radius 2 is 1.69 bits per heavy atom. The zero-order chi connectivity index (χ0) is 23.2. The number of para-hydroxylation sites is 1. The summed E-state index contributed by atoms with van der Waals surface area (Å²) in [4.78, 5) is 28.0. The molecule has 0 unspecified atom stereocenters. The van der Waals surface area contributed by atoms with Gasteiger partial charge in [0, 0.05) is 24.0 Å². The van der Waals surface area contributed by atoms with Gasteiger partial charge in [0.2, 0.25) is 5.78 Å². The lowest BCUT2D eigenvalue weighted by Gasteiger charge is -2.31. The van der Waals surface area contributed by atoms with Gasteiger partial charge in [0.05, 0.1) is 11.4 Å². The van der Waals surface area contributed by atoms with E-state index < -0.39 is 0 Å². The molecule has 32 heavy (non-hydrogen) atoms. The number of morpholine rings is 1. The summed E-state index contributed by atoms with van der Waals surface area (Å²) in [5.41, 5.74) is 4.54. The predicted octanol–water partition coefficient (Wildman–Crippen LogP) is 1.77. The number of carbonyl (C=O) groups excluding carboxylic acids is 1. The number of aromatic nitrogens is 3. The molecule has 3 aromatic rings. The van der Waals surface area contributed by atoms with Crippen molar-refractivity contribution in [3.8, 4) is 11.4 Å². The Balaban J connectivity index is 1.72. The first kappa shape index (κ1) is 22.3. The normalized spacial score (nSPS) is 21.1. The number of carbonyl (C=O) groups is 1. The second kappa shape index (κ2) is 8.56. The molecule has 1 saturated heterocycles. The molecule has 0 aliphatic carbocycles. The summed E-state index contributed by atoms with van der Waals surface area (Å²) in [6.07, 6.45) is 0.301. The number of benzene rings is 1. The van der Waals surface area contributed by atoms with Gasteiger partial charge in [0.25, 0.3) is 5.56 Å². The quantitative estimate of drug-likeness (QED) is 0.619. The summed E-state index contributed by atoms with van der Waals surface area (Å²) in [6.45, 7) is 12.0. The number of ketones is 1. The van der Waals surface area contributed by atoms with Crippen molar-refractivity contribution in [3.63, 3.8) is 0 Å². The molecule has 1 N–H and O–H groups in total. The number of nitrogens with one attached hydrogen (secondary N) is 1. The SMILES string of the molecule is Cc1cc(C(=O)C[NH+]2C[C@@H](C)O[C@H](C)C2)c(C)n1-c1c(C)n(C)n(-c2ccccc2)c1=O. The fraction of sp³-hybridized carbons (Fsp3) is 0.440. The van der Waals surface area contributed by atoms with Crippen molar-refractivity contribution in [1.82, 2.24) is 13.9 Å². The van der Waals surface area contributed by atoms with Crippen LogP contribution < -0.4 is 10.5 Å². The number of rotatable bonds is 5. The van der Waals surface area contributed by atoms with Crippen LogP contribution in [0.15, 0.2) is 41.2 Å². The van der Waals surface area contributed by atoms with Gasteiger partial charge in [-0.1, -0.05) is 18.2 Å². The summed E-state index contributed by atoms with van der Waals surface area (Å²) in [5.74, 6) is 0.109. The van der Waals surface area contributed by atoms with Crippen LogP contribution in [0, 0.1) is 20.8 Å². The van der Waals surface area contributed by atoms with Crippen molar-refractivity contribution in [2.45, 2.75) is 46.8 Å². The van der Waals surface area contributed by atoms with E-state index in [4.69, 9.17) is 4.74 Å². The Labute approximate surface area is 188 Å². The Morgan fingerprint density at radius 3 is 2.31 bits per heavy atom. The van der Waals surface area contributed by atoms with E-state index in [-0.39, 0.29) is 23.6 Å². The summed E-state index contributed by atoms with van der Waals surface area (Å²) in [7, 11) is 1.89. The maximum absolute atomic E-state index is 13.5. The van der Waals surface area contributed by atoms with Crippen LogP contribution >= 0.6 is 0 Å². The smallest absolute Gasteiger partial charge is 0.295 e. The van der Waals surface area contributed by atoms with E-state index in [1.54, 1.807) is 4.68 Å². The molecule has 2 atom stereocenters. The van der Waals surface area contributed by atoms with Crippen molar-refractivity contribution in [2.24, 2.45) is 7.05 Å². The highest BCUT2D eigenvalue weighted by Crippen LogP contribution is 2.22. The molecule has 0 saturated carbocycles. The fourth-order valence-electron chi connectivity index (χ4n) is 5.06. The van der Waals surface area contributed by atoms with E-state index in [9.17, 15) is 9.59 Å². The van der Waals surface area contributed by atoms with Crippen LogP contribution in [0.1, 0.15) is 41.3 Å². The summed E-state index contributed by atoms with van der Waals surface area (Å²) < 4.78 is 11.3. The van der Waals surface area contributed by atoms with Crippen LogP contribution in [-0.2, 0) is 11.8 Å². The molecular formula is C25H33N4O3+. The topological polar surface area (TPSA) is 62.6 Å². The van der Waals surface area contributed by atoms with Crippen LogP contribution in [0.5, 0.6) is 0 Å². The predicted molar refractivity (Wildman–Crippen MR) is 124 cm³/mol. The van der Waals surface area contributed by atoms with Gasteiger partial charge in [0.1, 0.15) is 37.5 Å². The third-order valence-electron chi connectivity index (χ3n) is 6.51. The van der Waals surface area contributed by atoms with Gasteiger partial charge in [-0.05, 0) is 52.8 Å². The van der Waals surface area contributed by atoms with Crippen LogP contribution in [0.2, 0.25) is 0 Å². The van der Waals surface area contributed by atoms with E-state index >= 15 is 0 Å². The third-order valence-corrected chi connectivity index (χ3v) is 6.51. The standard InChI is InChI=1S/C25H32N4O3/c1-16-12-22(23(30)15-27-13-17(2)32-18(3)14-27)19(4)28(16)24-20(5)26(6)29(25(24)31)21-10-8-7-9-11-21/h7-12,17-18H,13-15H2,1-6H3/p+1/t17-,18-/m1/s1. The van der Waals surface area contributed by atoms with E-state index in [2.05, 4.69) is 13.8 Å². The van der Waals surface area contributed by atoms with E-state index in [0.717, 1.165) is 35.9 Å². The zero-order valence-electron chi connectivity index (χ0n) is 19.8. The molecule has 1 fully saturated rings. The molecule has 1 aromatic carbocycles. The molecule has 0 bridgehead atoms. The van der Waals surface area contributed by atoms with Gasteiger partial charge in [0.15, 0.2) is 0 Å². The van der Waals surface area contributed by atoms with Gasteiger partial charge in [-0.25, -0.2) is 4.68 Å². The average molecular weight is 438 g/mol. The van der Waals surface area contributed by atoms with Crippen molar-refractivity contribution in [2.75, 3.05) is 19.6 Å². The van der Waals surface area contributed by atoms with Crippen LogP contribution in [0.25, 0.3) is 11.4 Å². The molecule has 7 heteroatoms. The first-order chi connectivity index (χ1) is 15.2. The van der Waals surface area contributed by atoms with E-state index in [1.165, 1.54) is 4.90 Å². The van der Waals surface area contributed by atoms with Gasteiger partial charge in [-0.2, -0.15) is 0 Å². The molecule has 3 heterocycles. The maximum atomic E-state index is 13.5. The Bertz CT molecular complexity index is 1190. The van der Waals surface area contributed by atoms with Crippen molar-refractivity contribution >= 4 is 5.78 Å². The number of nitrogens with zero attached hydrogens (tertiary/aromatic N) is 3. The second-order valence-electron chi connectivity index (χ2n) is 9.05. The van der Waals surface area contributed by atoms with E-state index in [1.807, 2.05) is 73.5 Å². The molecule has 4 rings (SSSR count).